The highest BCUT2D eigenvalue weighted by atomic mass is 16.5. The van der Waals surface area contributed by atoms with Gasteiger partial charge in [-0.15, -0.1) is 0 Å². The first-order valence-electron chi connectivity index (χ1n) is 10.8. The van der Waals surface area contributed by atoms with Crippen molar-refractivity contribution in [3.8, 4) is 11.8 Å². The molecule has 28 heavy (non-hydrogen) atoms. The molecule has 156 valence electrons. The van der Waals surface area contributed by atoms with E-state index in [1.54, 1.807) is 13.8 Å². The molecule has 0 bridgehead atoms. The number of aliphatic hydroxyl groups is 3. The van der Waals surface area contributed by atoms with Crippen LogP contribution in [0.3, 0.4) is 0 Å². The Morgan fingerprint density at radius 3 is 2.57 bits per heavy atom. The first kappa shape index (κ1) is 21.6. The van der Waals surface area contributed by atoms with Crippen LogP contribution in [0.25, 0.3) is 0 Å². The Balaban J connectivity index is 1.53. The van der Waals surface area contributed by atoms with Crippen LogP contribution >= 0.6 is 0 Å². The summed E-state index contributed by atoms with van der Waals surface area (Å²) in [6.45, 7) is 3.76. The minimum Gasteiger partial charge on any atom is -0.393 e. The van der Waals surface area contributed by atoms with E-state index in [0.29, 0.717) is 31.3 Å². The smallest absolute Gasteiger partial charge is 0.120 e. The number of hydrogen-bond donors (Lipinski definition) is 3. The highest BCUT2D eigenvalue weighted by molar-refractivity contribution is 5.23. The van der Waals surface area contributed by atoms with Crippen LogP contribution < -0.4 is 0 Å². The van der Waals surface area contributed by atoms with Crippen molar-refractivity contribution in [2.75, 3.05) is 6.61 Å². The van der Waals surface area contributed by atoms with Crippen LogP contribution in [0.4, 0.5) is 0 Å². The van der Waals surface area contributed by atoms with Gasteiger partial charge in [0, 0.05) is 0 Å². The molecule has 4 nitrogen and oxygen atoms in total. The van der Waals surface area contributed by atoms with Crippen LogP contribution in [0.15, 0.2) is 23.3 Å². The maximum absolute atomic E-state index is 9.86. The highest BCUT2D eigenvalue weighted by Crippen LogP contribution is 2.51. The molecule has 0 heterocycles. The van der Waals surface area contributed by atoms with Gasteiger partial charge in [-0.25, -0.2) is 0 Å². The summed E-state index contributed by atoms with van der Waals surface area (Å²) >= 11 is 0. The molecule has 0 saturated heterocycles. The van der Waals surface area contributed by atoms with Gasteiger partial charge in [0.1, 0.15) is 12.2 Å². The Morgan fingerprint density at radius 1 is 1.14 bits per heavy atom. The molecule has 0 amide bonds. The lowest BCUT2D eigenvalue weighted by Crippen LogP contribution is -2.25. The molecule has 0 aromatic heterocycles. The van der Waals surface area contributed by atoms with Gasteiger partial charge in [-0.1, -0.05) is 35.1 Å². The summed E-state index contributed by atoms with van der Waals surface area (Å²) in [5, 5.41) is 29.4. The van der Waals surface area contributed by atoms with Gasteiger partial charge >= 0.3 is 0 Å². The lowest BCUT2D eigenvalue weighted by atomic mass is 9.70. The second-order valence-electron chi connectivity index (χ2n) is 9.67. The van der Waals surface area contributed by atoms with Crippen LogP contribution in [0, 0.1) is 17.3 Å². The number of hydrogen-bond acceptors (Lipinski definition) is 4. The van der Waals surface area contributed by atoms with E-state index in [1.165, 1.54) is 24.8 Å². The number of allylic oxidation sites excluding steroid dienone is 3. The van der Waals surface area contributed by atoms with Gasteiger partial charge in [-0.2, -0.15) is 0 Å². The van der Waals surface area contributed by atoms with Crippen LogP contribution in [-0.2, 0) is 4.74 Å². The summed E-state index contributed by atoms with van der Waals surface area (Å²) in [6, 6.07) is 0. The van der Waals surface area contributed by atoms with Crippen molar-refractivity contribution in [1.29, 1.82) is 0 Å². The van der Waals surface area contributed by atoms with Crippen molar-refractivity contribution in [3.05, 3.63) is 23.3 Å². The van der Waals surface area contributed by atoms with Gasteiger partial charge in [0.2, 0.25) is 0 Å². The largest absolute Gasteiger partial charge is 0.393 e. The van der Waals surface area contributed by atoms with Crippen LogP contribution in [0.1, 0.15) is 78.1 Å². The number of rotatable bonds is 3. The van der Waals surface area contributed by atoms with Crippen molar-refractivity contribution in [2.24, 2.45) is 5.41 Å². The van der Waals surface area contributed by atoms with Gasteiger partial charge in [0.25, 0.3) is 0 Å². The Labute approximate surface area is 169 Å². The lowest BCUT2D eigenvalue weighted by Gasteiger charge is -2.35. The Kier molecular flexibility index (Phi) is 7.04. The van der Waals surface area contributed by atoms with Gasteiger partial charge in [-0.3, -0.25) is 0 Å². The van der Waals surface area contributed by atoms with E-state index in [-0.39, 0.29) is 6.10 Å². The maximum Gasteiger partial charge on any atom is 0.120 e. The fraction of sp³-hybridized carbons (Fsp3) is 0.750. The minimum absolute atomic E-state index is 0.275. The zero-order valence-corrected chi connectivity index (χ0v) is 17.4. The summed E-state index contributed by atoms with van der Waals surface area (Å²) < 4.78 is 5.97. The molecule has 3 aliphatic rings. The third kappa shape index (κ3) is 6.46. The molecule has 3 rings (SSSR count). The summed E-state index contributed by atoms with van der Waals surface area (Å²) in [5.74, 6) is 5.74. The molecule has 0 aromatic carbocycles. The zero-order chi connectivity index (χ0) is 20.2. The molecule has 0 aliphatic heterocycles. The lowest BCUT2D eigenvalue weighted by molar-refractivity contribution is 0.0609. The van der Waals surface area contributed by atoms with Crippen LogP contribution in [-0.4, -0.2) is 45.8 Å². The fourth-order valence-corrected chi connectivity index (χ4v) is 5.13. The molecule has 0 unspecified atom stereocenters. The van der Waals surface area contributed by atoms with Crippen LogP contribution in [0.2, 0.25) is 0 Å². The average Bonchev–Trinajstić information content (AvgIpc) is 2.98. The summed E-state index contributed by atoms with van der Waals surface area (Å²) in [5.41, 5.74) is 2.07. The summed E-state index contributed by atoms with van der Waals surface area (Å²) in [7, 11) is 0. The SMILES string of the molecule is CC(C)(O)C#CCO[C@@H]1CC[C@@]2(CCC/C(=C\C=C3C[C@@H](O)C[C@H](O)C3)C2)C1. The van der Waals surface area contributed by atoms with E-state index in [1.807, 2.05) is 0 Å². The normalized spacial score (nSPS) is 35.1. The standard InChI is InChI=1S/C24H36O4/c1-23(2,27)9-4-12-28-22-8-11-24(17-22)10-3-5-18(16-24)6-7-19-13-20(25)15-21(26)14-19/h6-7,20-22,25-27H,3,5,8,10-17H2,1-2H3/b18-6+/t20-,21-,22-,24-/m1/s1. The molecule has 4 heteroatoms. The monoisotopic (exact) mass is 388 g/mol. The molecule has 3 fully saturated rings. The third-order valence-electron chi connectivity index (χ3n) is 6.34. The second-order valence-corrected chi connectivity index (χ2v) is 9.67. The van der Waals surface area contributed by atoms with E-state index in [0.717, 1.165) is 31.3 Å². The molecule has 3 saturated carbocycles. The Hall–Kier alpha value is -1.12. The molecule has 3 aliphatic carbocycles. The molecule has 0 aromatic rings. The van der Waals surface area contributed by atoms with E-state index in [2.05, 4.69) is 24.0 Å². The topological polar surface area (TPSA) is 69.9 Å². The fourth-order valence-electron chi connectivity index (χ4n) is 5.13. The zero-order valence-electron chi connectivity index (χ0n) is 17.4. The predicted molar refractivity (Wildman–Crippen MR) is 111 cm³/mol. The van der Waals surface area contributed by atoms with Gasteiger partial charge in [-0.05, 0) is 83.5 Å². The third-order valence-corrected chi connectivity index (χ3v) is 6.34. The predicted octanol–water partition coefficient (Wildman–Crippen LogP) is 3.65. The Morgan fingerprint density at radius 2 is 1.86 bits per heavy atom. The van der Waals surface area contributed by atoms with E-state index in [4.69, 9.17) is 4.74 Å². The van der Waals surface area contributed by atoms with E-state index >= 15 is 0 Å². The van der Waals surface area contributed by atoms with Crippen molar-refractivity contribution >= 4 is 0 Å². The molecular formula is C24H36O4. The van der Waals surface area contributed by atoms with Gasteiger partial charge in [0.05, 0.1) is 18.3 Å². The second kappa shape index (κ2) is 9.13. The highest BCUT2D eigenvalue weighted by Gasteiger charge is 2.41. The first-order valence-corrected chi connectivity index (χ1v) is 10.8. The number of aliphatic hydroxyl groups excluding tert-OH is 2. The summed E-state index contributed by atoms with van der Waals surface area (Å²) in [6.07, 6.45) is 13.9. The molecule has 4 atom stereocenters. The average molecular weight is 389 g/mol. The maximum atomic E-state index is 9.86. The van der Waals surface area contributed by atoms with Gasteiger partial charge in [0.15, 0.2) is 0 Å². The van der Waals surface area contributed by atoms with E-state index in [9.17, 15) is 15.3 Å². The van der Waals surface area contributed by atoms with Crippen molar-refractivity contribution in [1.82, 2.24) is 0 Å². The molecule has 1 spiro atoms. The molecular weight excluding hydrogens is 352 g/mol. The quantitative estimate of drug-likeness (QED) is 0.646. The number of ether oxygens (including phenoxy) is 1. The van der Waals surface area contributed by atoms with E-state index < -0.39 is 17.8 Å². The summed E-state index contributed by atoms with van der Waals surface area (Å²) in [4.78, 5) is 0. The van der Waals surface area contributed by atoms with Crippen molar-refractivity contribution < 1.29 is 20.1 Å². The minimum atomic E-state index is -0.956. The molecule has 3 N–H and O–H groups in total. The van der Waals surface area contributed by atoms with Crippen molar-refractivity contribution in [3.63, 3.8) is 0 Å². The van der Waals surface area contributed by atoms with Crippen LogP contribution in [0.5, 0.6) is 0 Å². The van der Waals surface area contributed by atoms with Gasteiger partial charge < -0.3 is 20.1 Å². The molecule has 0 radical (unpaired) electrons. The Bertz CT molecular complexity index is 648. The van der Waals surface area contributed by atoms with Crippen molar-refractivity contribution in [2.45, 2.75) is 102 Å². The first-order chi connectivity index (χ1) is 13.2.